The zero-order valence-electron chi connectivity index (χ0n) is 16.0. The summed E-state index contributed by atoms with van der Waals surface area (Å²) in [5, 5.41) is 2.74. The molecule has 9 heteroatoms. The third kappa shape index (κ3) is 4.00. The van der Waals surface area contributed by atoms with E-state index < -0.39 is 12.5 Å². The smallest absolute Gasteiger partial charge is 0.450 e. The molecule has 1 saturated heterocycles. The number of carbonyl (C=O) groups excluding carboxylic acids is 2. The summed E-state index contributed by atoms with van der Waals surface area (Å²) in [6, 6.07) is 5.95. The fraction of sp³-hybridized carbons (Fsp3) is 0.600. The molecule has 0 radical (unpaired) electrons. The van der Waals surface area contributed by atoms with Gasteiger partial charge in [0.05, 0.1) is 6.61 Å². The average molecular weight is 412 g/mol. The highest BCUT2D eigenvalue weighted by Crippen LogP contribution is 2.59. The van der Waals surface area contributed by atoms with E-state index in [1.54, 1.807) is 19.1 Å². The summed E-state index contributed by atoms with van der Waals surface area (Å²) >= 11 is 0. The lowest BCUT2D eigenvalue weighted by Gasteiger charge is -2.37. The van der Waals surface area contributed by atoms with Crippen LogP contribution in [0.4, 0.5) is 18.0 Å². The van der Waals surface area contributed by atoms with Gasteiger partial charge in [0.25, 0.3) is 0 Å². The fourth-order valence-corrected chi connectivity index (χ4v) is 4.62. The van der Waals surface area contributed by atoms with Crippen LogP contribution in [-0.2, 0) is 14.9 Å². The van der Waals surface area contributed by atoms with Crippen LogP contribution in [0.2, 0.25) is 0 Å². The molecule has 0 spiro atoms. The SMILES string of the molecule is CCOC(=O)N[C@H]1C[C@@H](C(=O)N2CC3CC3(c3ccc(OC(F)(F)F)cc3)C2)C1. The van der Waals surface area contributed by atoms with E-state index in [2.05, 4.69) is 10.1 Å². The molecule has 2 atom stereocenters. The molecule has 3 aliphatic rings. The van der Waals surface area contributed by atoms with Crippen molar-refractivity contribution in [3.8, 4) is 5.75 Å². The van der Waals surface area contributed by atoms with Crippen LogP contribution in [0.3, 0.4) is 0 Å². The van der Waals surface area contributed by atoms with Crippen molar-refractivity contribution in [1.82, 2.24) is 10.2 Å². The van der Waals surface area contributed by atoms with E-state index in [9.17, 15) is 22.8 Å². The largest absolute Gasteiger partial charge is 0.573 e. The van der Waals surface area contributed by atoms with Crippen LogP contribution in [-0.4, -0.2) is 49.0 Å². The lowest BCUT2D eigenvalue weighted by atomic mass is 9.79. The number of nitrogens with one attached hydrogen (secondary N) is 1. The van der Waals surface area contributed by atoms with E-state index in [0.29, 0.717) is 38.5 Å². The number of amides is 2. The zero-order chi connectivity index (χ0) is 20.8. The van der Waals surface area contributed by atoms with Gasteiger partial charge in [-0.3, -0.25) is 4.79 Å². The minimum absolute atomic E-state index is 0.0322. The van der Waals surface area contributed by atoms with Gasteiger partial charge in [-0.15, -0.1) is 13.2 Å². The van der Waals surface area contributed by atoms with E-state index >= 15 is 0 Å². The average Bonchev–Trinajstić information content (AvgIpc) is 3.18. The van der Waals surface area contributed by atoms with Gasteiger partial charge in [-0.05, 0) is 49.8 Å². The third-order valence-corrected chi connectivity index (χ3v) is 6.20. The Morgan fingerprint density at radius 2 is 1.93 bits per heavy atom. The van der Waals surface area contributed by atoms with Gasteiger partial charge in [0.15, 0.2) is 0 Å². The number of benzene rings is 1. The van der Waals surface area contributed by atoms with Crippen LogP contribution < -0.4 is 10.1 Å². The maximum atomic E-state index is 12.8. The summed E-state index contributed by atoms with van der Waals surface area (Å²) < 4.78 is 45.7. The highest BCUT2D eigenvalue weighted by Gasteiger charge is 2.62. The van der Waals surface area contributed by atoms with Gasteiger partial charge >= 0.3 is 12.5 Å². The number of alkyl halides is 3. The molecule has 158 valence electrons. The first-order valence-corrected chi connectivity index (χ1v) is 9.78. The second-order valence-corrected chi connectivity index (χ2v) is 8.08. The first-order chi connectivity index (χ1) is 13.7. The molecule has 4 rings (SSSR count). The lowest BCUT2D eigenvalue weighted by Crippen LogP contribution is -2.50. The predicted molar refractivity (Wildman–Crippen MR) is 96.2 cm³/mol. The summed E-state index contributed by atoms with van der Waals surface area (Å²) in [5.74, 6) is 0.0966. The first kappa shape index (κ1) is 19.8. The number of ether oxygens (including phenoxy) is 2. The zero-order valence-corrected chi connectivity index (χ0v) is 16.0. The van der Waals surface area contributed by atoms with Crippen molar-refractivity contribution in [3.05, 3.63) is 29.8 Å². The highest BCUT2D eigenvalue weighted by atomic mass is 19.4. The number of alkyl carbamates (subject to hydrolysis) is 1. The van der Waals surface area contributed by atoms with Crippen LogP contribution >= 0.6 is 0 Å². The van der Waals surface area contributed by atoms with E-state index in [0.717, 1.165) is 12.0 Å². The van der Waals surface area contributed by atoms with E-state index in [-0.39, 0.29) is 29.0 Å². The van der Waals surface area contributed by atoms with Crippen molar-refractivity contribution < 1.29 is 32.2 Å². The van der Waals surface area contributed by atoms with Crippen molar-refractivity contribution in [2.75, 3.05) is 19.7 Å². The van der Waals surface area contributed by atoms with Crippen LogP contribution in [0.5, 0.6) is 5.75 Å². The molecule has 6 nitrogen and oxygen atoms in total. The van der Waals surface area contributed by atoms with Crippen LogP contribution in [0.1, 0.15) is 31.7 Å². The molecule has 1 N–H and O–H groups in total. The number of piperidine rings is 1. The van der Waals surface area contributed by atoms with Crippen molar-refractivity contribution in [3.63, 3.8) is 0 Å². The number of carbonyl (C=O) groups is 2. The second kappa shape index (κ2) is 7.11. The van der Waals surface area contributed by atoms with Crippen molar-refractivity contribution >= 4 is 12.0 Å². The Bertz CT molecular complexity index is 792. The Morgan fingerprint density at radius 3 is 2.55 bits per heavy atom. The highest BCUT2D eigenvalue weighted by molar-refractivity contribution is 5.81. The van der Waals surface area contributed by atoms with Crippen LogP contribution in [0.15, 0.2) is 24.3 Å². The predicted octanol–water partition coefficient (Wildman–Crippen LogP) is 3.21. The molecular weight excluding hydrogens is 389 g/mol. The summed E-state index contributed by atoms with van der Waals surface area (Å²) in [7, 11) is 0. The quantitative estimate of drug-likeness (QED) is 0.807. The summed E-state index contributed by atoms with van der Waals surface area (Å²) in [6.45, 7) is 3.30. The molecule has 2 saturated carbocycles. The molecule has 1 heterocycles. The van der Waals surface area contributed by atoms with Crippen molar-refractivity contribution in [1.29, 1.82) is 0 Å². The van der Waals surface area contributed by atoms with Crippen molar-refractivity contribution in [2.45, 2.75) is 44.0 Å². The van der Waals surface area contributed by atoms with Gasteiger partial charge in [0.1, 0.15) is 5.75 Å². The third-order valence-electron chi connectivity index (χ3n) is 6.20. The number of nitrogens with zero attached hydrogens (tertiary/aromatic N) is 1. The Balaban J connectivity index is 1.31. The molecule has 0 bridgehead atoms. The molecule has 2 aliphatic carbocycles. The second-order valence-electron chi connectivity index (χ2n) is 8.08. The van der Waals surface area contributed by atoms with Crippen LogP contribution in [0.25, 0.3) is 0 Å². The van der Waals surface area contributed by atoms with Gasteiger partial charge < -0.3 is 19.7 Å². The lowest BCUT2D eigenvalue weighted by molar-refractivity contribution is -0.274. The molecule has 1 aromatic carbocycles. The Kier molecular flexibility index (Phi) is 4.86. The van der Waals surface area contributed by atoms with Gasteiger partial charge in [0, 0.05) is 30.5 Å². The van der Waals surface area contributed by atoms with Crippen molar-refractivity contribution in [2.24, 2.45) is 11.8 Å². The molecule has 1 aliphatic heterocycles. The Morgan fingerprint density at radius 1 is 1.24 bits per heavy atom. The maximum Gasteiger partial charge on any atom is 0.573 e. The summed E-state index contributed by atoms with van der Waals surface area (Å²) in [5.41, 5.74) is 0.793. The number of fused-ring (bicyclic) bond motifs is 1. The first-order valence-electron chi connectivity index (χ1n) is 9.78. The van der Waals surface area contributed by atoms with Gasteiger partial charge in [0.2, 0.25) is 5.91 Å². The number of hydrogen-bond donors (Lipinski definition) is 1. The number of hydrogen-bond acceptors (Lipinski definition) is 4. The Hall–Kier alpha value is -2.45. The van der Waals surface area contributed by atoms with Gasteiger partial charge in [-0.25, -0.2) is 4.79 Å². The minimum atomic E-state index is -4.71. The summed E-state index contributed by atoms with van der Waals surface area (Å²) in [4.78, 5) is 26.1. The standard InChI is InChI=1S/C20H23F3N2O4/c1-2-28-18(27)24-15-7-12(8-15)17(26)25-10-14-9-19(14,11-25)13-3-5-16(6-4-13)29-20(21,22)23/h3-6,12,14-15H,2,7-11H2,1H3,(H,24,27)/t12-,14?,15+,19?. The molecule has 3 fully saturated rings. The van der Waals surface area contributed by atoms with E-state index in [4.69, 9.17) is 4.74 Å². The normalized spacial score (nSPS) is 30.2. The van der Waals surface area contributed by atoms with E-state index in [1.807, 2.05) is 4.90 Å². The van der Waals surface area contributed by atoms with E-state index in [1.165, 1.54) is 12.1 Å². The van der Waals surface area contributed by atoms with Gasteiger partial charge in [-0.1, -0.05) is 12.1 Å². The monoisotopic (exact) mass is 412 g/mol. The maximum absolute atomic E-state index is 12.8. The molecule has 2 unspecified atom stereocenters. The molecule has 1 aromatic rings. The summed E-state index contributed by atoms with van der Waals surface area (Å²) in [6.07, 6.45) is -3.01. The number of rotatable bonds is 5. The fourth-order valence-electron chi connectivity index (χ4n) is 4.62. The molecule has 0 aromatic heterocycles. The van der Waals surface area contributed by atoms with Gasteiger partial charge in [-0.2, -0.15) is 0 Å². The molecular formula is C20H23F3N2O4. The topological polar surface area (TPSA) is 67.9 Å². The minimum Gasteiger partial charge on any atom is -0.450 e. The van der Waals surface area contributed by atoms with Crippen LogP contribution in [0, 0.1) is 11.8 Å². The molecule has 2 amide bonds. The molecule has 29 heavy (non-hydrogen) atoms. The Labute approximate surface area is 166 Å². The number of likely N-dealkylation sites (tertiary alicyclic amines) is 1. The number of halogens is 3.